The van der Waals surface area contributed by atoms with Crippen LogP contribution in [0.15, 0.2) is 40.7 Å². The van der Waals surface area contributed by atoms with Crippen molar-refractivity contribution < 1.29 is 9.59 Å². The maximum absolute atomic E-state index is 12.1. The second-order valence-corrected chi connectivity index (χ2v) is 7.22. The maximum Gasteiger partial charge on any atom is 0.239 e. The molecule has 1 heterocycles. The summed E-state index contributed by atoms with van der Waals surface area (Å²) in [5.74, 6) is -0.0608. The van der Waals surface area contributed by atoms with E-state index in [1.165, 1.54) is 23.1 Å². The third-order valence-electron chi connectivity index (χ3n) is 2.96. The van der Waals surface area contributed by atoms with E-state index < -0.39 is 0 Å². The molecule has 0 saturated carbocycles. The van der Waals surface area contributed by atoms with Crippen molar-refractivity contribution in [1.29, 1.82) is 0 Å². The number of carbonyl (C=O) groups excluding carboxylic acids is 2. The van der Waals surface area contributed by atoms with Crippen molar-refractivity contribution in [3.63, 3.8) is 0 Å². The zero-order valence-corrected chi connectivity index (χ0v) is 14.7. The fraction of sp³-hybridized carbons (Fsp3) is 0.312. The van der Waals surface area contributed by atoms with Crippen molar-refractivity contribution in [2.75, 3.05) is 10.6 Å². The molecule has 2 aromatic rings. The Morgan fingerprint density at radius 1 is 1.26 bits per heavy atom. The van der Waals surface area contributed by atoms with Crippen LogP contribution < -0.4 is 10.6 Å². The van der Waals surface area contributed by atoms with E-state index in [2.05, 4.69) is 15.6 Å². The SMILES string of the molecule is CCCC(=O)Nc1ccc(SC(C)C(=O)Nc2nccs2)cc1. The molecule has 122 valence electrons. The van der Waals surface area contributed by atoms with E-state index in [0.29, 0.717) is 11.6 Å². The van der Waals surface area contributed by atoms with Crippen molar-refractivity contribution in [3.05, 3.63) is 35.8 Å². The second kappa shape index (κ2) is 8.69. The molecule has 1 atom stereocenters. The predicted molar refractivity (Wildman–Crippen MR) is 96.0 cm³/mol. The molecule has 2 N–H and O–H groups in total. The van der Waals surface area contributed by atoms with Crippen LogP contribution in [-0.4, -0.2) is 22.0 Å². The molecule has 1 unspecified atom stereocenters. The highest BCUT2D eigenvalue weighted by molar-refractivity contribution is 8.00. The maximum atomic E-state index is 12.1. The summed E-state index contributed by atoms with van der Waals surface area (Å²) in [6.45, 7) is 3.82. The highest BCUT2D eigenvalue weighted by Gasteiger charge is 2.15. The minimum atomic E-state index is -0.237. The first-order valence-corrected chi connectivity index (χ1v) is 9.11. The summed E-state index contributed by atoms with van der Waals surface area (Å²) < 4.78 is 0. The number of hydrogen-bond donors (Lipinski definition) is 2. The Morgan fingerprint density at radius 2 is 2.00 bits per heavy atom. The Morgan fingerprint density at radius 3 is 2.61 bits per heavy atom. The van der Waals surface area contributed by atoms with Crippen LogP contribution in [0.1, 0.15) is 26.7 Å². The van der Waals surface area contributed by atoms with E-state index >= 15 is 0 Å². The highest BCUT2D eigenvalue weighted by Crippen LogP contribution is 2.26. The van der Waals surface area contributed by atoms with Crippen LogP contribution >= 0.6 is 23.1 Å². The van der Waals surface area contributed by atoms with E-state index in [4.69, 9.17) is 0 Å². The lowest BCUT2D eigenvalue weighted by atomic mass is 10.3. The van der Waals surface area contributed by atoms with Gasteiger partial charge in [0.15, 0.2) is 5.13 Å². The average molecular weight is 349 g/mol. The highest BCUT2D eigenvalue weighted by atomic mass is 32.2. The van der Waals surface area contributed by atoms with Gasteiger partial charge in [-0.15, -0.1) is 23.1 Å². The van der Waals surface area contributed by atoms with Crippen molar-refractivity contribution in [1.82, 2.24) is 4.98 Å². The number of hydrogen-bond acceptors (Lipinski definition) is 5. The monoisotopic (exact) mass is 349 g/mol. The van der Waals surface area contributed by atoms with E-state index in [0.717, 1.165) is 17.0 Å². The molecule has 2 rings (SSSR count). The quantitative estimate of drug-likeness (QED) is 0.741. The zero-order valence-electron chi connectivity index (χ0n) is 13.0. The Labute approximate surface area is 143 Å². The third kappa shape index (κ3) is 5.69. The molecule has 2 amide bonds. The number of thioether (sulfide) groups is 1. The van der Waals surface area contributed by atoms with Crippen molar-refractivity contribution in [2.24, 2.45) is 0 Å². The lowest BCUT2D eigenvalue weighted by molar-refractivity contribution is -0.116. The number of anilines is 2. The first-order chi connectivity index (χ1) is 11.1. The summed E-state index contributed by atoms with van der Waals surface area (Å²) in [5, 5.41) is 7.82. The van der Waals surface area contributed by atoms with Gasteiger partial charge in [0.05, 0.1) is 5.25 Å². The lowest BCUT2D eigenvalue weighted by Crippen LogP contribution is -2.22. The van der Waals surface area contributed by atoms with Crippen LogP contribution in [0.25, 0.3) is 0 Å². The Kier molecular flexibility index (Phi) is 6.61. The molecule has 0 aliphatic rings. The molecule has 0 aliphatic carbocycles. The predicted octanol–water partition coefficient (Wildman–Crippen LogP) is 4.00. The minimum Gasteiger partial charge on any atom is -0.326 e. The summed E-state index contributed by atoms with van der Waals surface area (Å²) in [4.78, 5) is 28.6. The second-order valence-electron chi connectivity index (χ2n) is 4.91. The summed E-state index contributed by atoms with van der Waals surface area (Å²) in [6, 6.07) is 7.50. The summed E-state index contributed by atoms with van der Waals surface area (Å²) in [7, 11) is 0. The van der Waals surface area contributed by atoms with E-state index in [-0.39, 0.29) is 17.1 Å². The van der Waals surface area contributed by atoms with Gasteiger partial charge < -0.3 is 10.6 Å². The average Bonchev–Trinajstić information content (AvgIpc) is 3.02. The molecule has 5 nitrogen and oxygen atoms in total. The molecule has 1 aromatic heterocycles. The van der Waals surface area contributed by atoms with Gasteiger partial charge in [-0.1, -0.05) is 6.92 Å². The van der Waals surface area contributed by atoms with Crippen molar-refractivity contribution in [3.8, 4) is 0 Å². The van der Waals surface area contributed by atoms with Crippen molar-refractivity contribution in [2.45, 2.75) is 36.8 Å². The first kappa shape index (κ1) is 17.5. The van der Waals surface area contributed by atoms with E-state index in [1.807, 2.05) is 43.5 Å². The molecule has 0 bridgehead atoms. The summed E-state index contributed by atoms with van der Waals surface area (Å²) in [6.07, 6.45) is 3.00. The smallest absolute Gasteiger partial charge is 0.239 e. The van der Waals surface area contributed by atoms with Crippen LogP contribution in [0.4, 0.5) is 10.8 Å². The zero-order chi connectivity index (χ0) is 16.7. The molecule has 0 aliphatic heterocycles. The van der Waals surface area contributed by atoms with Crippen molar-refractivity contribution >= 4 is 45.7 Å². The number of nitrogens with one attached hydrogen (secondary N) is 2. The van der Waals surface area contributed by atoms with Gasteiger partial charge in [-0.25, -0.2) is 4.98 Å². The van der Waals surface area contributed by atoms with Gasteiger partial charge in [-0.2, -0.15) is 0 Å². The summed E-state index contributed by atoms with van der Waals surface area (Å²) in [5.41, 5.74) is 0.771. The van der Waals surface area contributed by atoms with Gasteiger partial charge in [0, 0.05) is 28.6 Å². The molecule has 0 saturated heterocycles. The Balaban J connectivity index is 1.87. The van der Waals surface area contributed by atoms with Gasteiger partial charge in [0.2, 0.25) is 11.8 Å². The number of carbonyl (C=O) groups is 2. The fourth-order valence-corrected chi connectivity index (χ4v) is 3.22. The van der Waals surface area contributed by atoms with Gasteiger partial charge in [0.25, 0.3) is 0 Å². The molecular formula is C16H19N3O2S2. The Hall–Kier alpha value is -1.86. The largest absolute Gasteiger partial charge is 0.326 e. The molecule has 0 spiro atoms. The molecule has 0 radical (unpaired) electrons. The molecular weight excluding hydrogens is 330 g/mol. The normalized spacial score (nSPS) is 11.7. The number of amides is 2. The lowest BCUT2D eigenvalue weighted by Gasteiger charge is -2.11. The third-order valence-corrected chi connectivity index (χ3v) is 4.76. The first-order valence-electron chi connectivity index (χ1n) is 7.35. The van der Waals surface area contributed by atoms with Crippen LogP contribution in [0.5, 0.6) is 0 Å². The van der Waals surface area contributed by atoms with Gasteiger partial charge in [-0.05, 0) is 37.6 Å². The summed E-state index contributed by atoms with van der Waals surface area (Å²) >= 11 is 2.86. The molecule has 1 aromatic carbocycles. The van der Waals surface area contributed by atoms with Gasteiger partial charge in [-0.3, -0.25) is 9.59 Å². The minimum absolute atomic E-state index is 0.0177. The van der Waals surface area contributed by atoms with Gasteiger partial charge in [0.1, 0.15) is 0 Å². The number of aromatic nitrogens is 1. The number of thiazole rings is 1. The number of nitrogens with zero attached hydrogens (tertiary/aromatic N) is 1. The molecule has 23 heavy (non-hydrogen) atoms. The van der Waals surface area contributed by atoms with Crippen LogP contribution in [0, 0.1) is 0 Å². The number of benzene rings is 1. The Bertz CT molecular complexity index is 642. The fourth-order valence-electron chi connectivity index (χ4n) is 1.82. The van der Waals surface area contributed by atoms with Gasteiger partial charge >= 0.3 is 0 Å². The van der Waals surface area contributed by atoms with Crippen LogP contribution in [0.2, 0.25) is 0 Å². The van der Waals surface area contributed by atoms with E-state index in [1.54, 1.807) is 6.20 Å². The topological polar surface area (TPSA) is 71.1 Å². The molecule has 7 heteroatoms. The van der Waals surface area contributed by atoms with Crippen LogP contribution in [-0.2, 0) is 9.59 Å². The number of rotatable bonds is 7. The van der Waals surface area contributed by atoms with E-state index in [9.17, 15) is 9.59 Å². The molecule has 0 fully saturated rings. The standard InChI is InChI=1S/C16H19N3O2S2/c1-3-4-14(20)18-12-5-7-13(8-6-12)23-11(2)15(21)19-16-17-9-10-22-16/h5-11H,3-4H2,1-2H3,(H,18,20)(H,17,19,21). The van der Waals surface area contributed by atoms with Crippen LogP contribution in [0.3, 0.4) is 0 Å².